The number of hydrogen-bond acceptors (Lipinski definition) is 9. The molecule has 1 aliphatic carbocycles. The Labute approximate surface area is 223 Å². The summed E-state index contributed by atoms with van der Waals surface area (Å²) in [7, 11) is 0. The first kappa shape index (κ1) is 25.4. The number of thioether (sulfide) groups is 1. The number of hydrogen-bond donors (Lipinski definition) is 1. The van der Waals surface area contributed by atoms with E-state index in [1.807, 2.05) is 0 Å². The van der Waals surface area contributed by atoms with E-state index in [0.29, 0.717) is 28.0 Å². The van der Waals surface area contributed by atoms with E-state index in [9.17, 15) is 19.2 Å². The molecule has 12 heteroatoms. The minimum atomic E-state index is -0.911. The number of piperazine rings is 1. The fourth-order valence-corrected chi connectivity index (χ4v) is 6.46. The van der Waals surface area contributed by atoms with Crippen LogP contribution in [0.2, 0.25) is 0 Å². The van der Waals surface area contributed by atoms with Gasteiger partial charge < -0.3 is 15.0 Å². The van der Waals surface area contributed by atoms with Gasteiger partial charge >= 0.3 is 5.97 Å². The second kappa shape index (κ2) is 10.6. The van der Waals surface area contributed by atoms with Crippen molar-refractivity contribution in [2.45, 2.75) is 51.1 Å². The van der Waals surface area contributed by atoms with Crippen LogP contribution in [0.4, 0.5) is 5.82 Å². The Hall–Kier alpha value is -3.25. The third-order valence-electron chi connectivity index (χ3n) is 6.81. The van der Waals surface area contributed by atoms with Crippen LogP contribution in [-0.4, -0.2) is 68.2 Å². The van der Waals surface area contributed by atoms with Gasteiger partial charge in [-0.15, -0.1) is 0 Å². The van der Waals surface area contributed by atoms with Crippen LogP contribution in [0, 0.1) is 0 Å². The van der Waals surface area contributed by atoms with E-state index in [-0.39, 0.29) is 47.8 Å². The fraction of sp³-hybridized carbons (Fsp3) is 0.440. The molecule has 194 valence electrons. The van der Waals surface area contributed by atoms with E-state index in [4.69, 9.17) is 21.9 Å². The monoisotopic (exact) mass is 541 g/mol. The van der Waals surface area contributed by atoms with Crippen LogP contribution in [0.25, 0.3) is 11.7 Å². The lowest BCUT2D eigenvalue weighted by Gasteiger charge is -2.36. The summed E-state index contributed by atoms with van der Waals surface area (Å²) in [5, 5.41) is 2.78. The highest BCUT2D eigenvalue weighted by molar-refractivity contribution is 8.26. The van der Waals surface area contributed by atoms with Crippen LogP contribution in [0.15, 0.2) is 34.1 Å². The zero-order valence-corrected chi connectivity index (χ0v) is 22.0. The third kappa shape index (κ3) is 4.87. The number of ether oxygens (including phenoxy) is 1. The number of thiocarbonyl (C=S) groups is 1. The van der Waals surface area contributed by atoms with Crippen molar-refractivity contribution in [1.82, 2.24) is 19.6 Å². The minimum absolute atomic E-state index is 0.0773. The molecule has 3 aliphatic rings. The van der Waals surface area contributed by atoms with Crippen molar-refractivity contribution in [2.75, 3.05) is 24.6 Å². The molecule has 2 aliphatic heterocycles. The predicted molar refractivity (Wildman–Crippen MR) is 144 cm³/mol. The molecule has 5 rings (SSSR count). The van der Waals surface area contributed by atoms with Crippen molar-refractivity contribution >= 4 is 63.6 Å². The number of pyridine rings is 1. The van der Waals surface area contributed by atoms with Gasteiger partial charge in [-0.1, -0.05) is 42.9 Å². The van der Waals surface area contributed by atoms with Gasteiger partial charge in [0.2, 0.25) is 5.91 Å². The van der Waals surface area contributed by atoms with Gasteiger partial charge in [0.15, 0.2) is 0 Å². The minimum Gasteiger partial charge on any atom is -0.466 e. The average Bonchev–Trinajstić information content (AvgIpc) is 3.49. The third-order valence-corrected chi connectivity index (χ3v) is 8.14. The van der Waals surface area contributed by atoms with Crippen LogP contribution in [0.1, 0.15) is 44.6 Å². The van der Waals surface area contributed by atoms with Gasteiger partial charge in [-0.2, -0.15) is 0 Å². The summed E-state index contributed by atoms with van der Waals surface area (Å²) in [5.41, 5.74) is 0.172. The van der Waals surface area contributed by atoms with Crippen LogP contribution in [0.3, 0.4) is 0 Å². The van der Waals surface area contributed by atoms with E-state index in [0.717, 1.165) is 25.7 Å². The van der Waals surface area contributed by atoms with Crippen molar-refractivity contribution in [1.29, 1.82) is 0 Å². The molecule has 3 fully saturated rings. The number of aromatic nitrogens is 2. The number of esters is 1. The Balaban J connectivity index is 1.61. The molecular weight excluding hydrogens is 514 g/mol. The summed E-state index contributed by atoms with van der Waals surface area (Å²) in [6.45, 7) is 2.53. The standard InChI is InChI=1S/C25H27N5O5S2/c1-2-35-20(31)14-17-22(32)26-10-12-28(17)21-16(23(33)29-11-6-5-9-19(29)27-21)13-18-24(34)30(25(36)37-18)15-7-3-4-8-15/h5-6,9,11,13,15,17H,2-4,7-8,10,12,14H2,1H3,(H,26,32)/b18-13-/t17-/m0/s1. The van der Waals surface area contributed by atoms with Gasteiger partial charge in [0.1, 0.15) is 21.8 Å². The molecule has 1 atom stereocenters. The summed E-state index contributed by atoms with van der Waals surface area (Å²) >= 11 is 6.71. The zero-order chi connectivity index (χ0) is 26.1. The van der Waals surface area contributed by atoms with E-state index in [1.165, 1.54) is 22.2 Å². The molecule has 2 aromatic rings. The molecule has 2 aromatic heterocycles. The van der Waals surface area contributed by atoms with Crippen molar-refractivity contribution in [3.8, 4) is 0 Å². The molecule has 0 spiro atoms. The van der Waals surface area contributed by atoms with Crippen molar-refractivity contribution in [3.63, 3.8) is 0 Å². The van der Waals surface area contributed by atoms with E-state index in [1.54, 1.807) is 41.1 Å². The van der Waals surface area contributed by atoms with Gasteiger partial charge in [0.05, 0.1) is 23.5 Å². The van der Waals surface area contributed by atoms with Crippen molar-refractivity contribution < 1.29 is 19.1 Å². The number of nitrogens with one attached hydrogen (secondary N) is 1. The van der Waals surface area contributed by atoms with Gasteiger partial charge in [-0.05, 0) is 38.0 Å². The van der Waals surface area contributed by atoms with Gasteiger partial charge in [0, 0.05) is 25.3 Å². The molecule has 1 saturated carbocycles. The maximum atomic E-state index is 13.7. The van der Waals surface area contributed by atoms with E-state index in [2.05, 4.69) is 5.32 Å². The highest BCUT2D eigenvalue weighted by atomic mass is 32.2. The van der Waals surface area contributed by atoms with Crippen LogP contribution >= 0.6 is 24.0 Å². The lowest BCUT2D eigenvalue weighted by Crippen LogP contribution is -2.57. The van der Waals surface area contributed by atoms with Crippen LogP contribution < -0.4 is 15.8 Å². The highest BCUT2D eigenvalue weighted by Crippen LogP contribution is 2.38. The first-order chi connectivity index (χ1) is 17.9. The summed E-state index contributed by atoms with van der Waals surface area (Å²) in [4.78, 5) is 60.7. The van der Waals surface area contributed by atoms with Crippen LogP contribution in [0.5, 0.6) is 0 Å². The van der Waals surface area contributed by atoms with Gasteiger partial charge in [0.25, 0.3) is 11.5 Å². The first-order valence-corrected chi connectivity index (χ1v) is 13.6. The second-order valence-electron chi connectivity index (χ2n) is 9.08. The molecule has 4 heterocycles. The number of fused-ring (bicyclic) bond motifs is 1. The lowest BCUT2D eigenvalue weighted by molar-refractivity contribution is -0.145. The zero-order valence-electron chi connectivity index (χ0n) is 20.3. The number of anilines is 1. The molecule has 0 aromatic carbocycles. The molecule has 2 saturated heterocycles. The Bertz CT molecular complexity index is 1370. The molecule has 37 heavy (non-hydrogen) atoms. The number of carbonyl (C=O) groups is 3. The van der Waals surface area contributed by atoms with Crippen molar-refractivity contribution in [2.24, 2.45) is 0 Å². The topological polar surface area (TPSA) is 113 Å². The smallest absolute Gasteiger partial charge is 0.308 e. The Morgan fingerprint density at radius 2 is 2.05 bits per heavy atom. The number of amides is 2. The SMILES string of the molecule is CCOC(=O)C[C@H]1C(=O)NCCN1c1nc2ccccn2c(=O)c1/C=C1\SC(=S)N(C2CCCC2)C1=O. The molecule has 0 unspecified atom stereocenters. The predicted octanol–water partition coefficient (Wildman–Crippen LogP) is 2.10. The van der Waals surface area contributed by atoms with E-state index < -0.39 is 12.0 Å². The summed E-state index contributed by atoms with van der Waals surface area (Å²) in [6, 6.07) is 4.34. The maximum Gasteiger partial charge on any atom is 0.308 e. The Kier molecular flexibility index (Phi) is 7.29. The average molecular weight is 542 g/mol. The quantitative estimate of drug-likeness (QED) is 0.334. The maximum absolute atomic E-state index is 13.7. The molecule has 2 amide bonds. The van der Waals surface area contributed by atoms with Crippen molar-refractivity contribution in [3.05, 3.63) is 45.2 Å². The summed E-state index contributed by atoms with van der Waals surface area (Å²) in [5.74, 6) is -0.852. The van der Waals surface area contributed by atoms with Gasteiger partial charge in [-0.3, -0.25) is 28.5 Å². The fourth-order valence-electron chi connectivity index (χ4n) is 5.07. The number of rotatable bonds is 6. The van der Waals surface area contributed by atoms with Gasteiger partial charge in [-0.25, -0.2) is 4.98 Å². The Morgan fingerprint density at radius 3 is 2.81 bits per heavy atom. The molecular formula is C25H27N5O5S2. The summed E-state index contributed by atoms with van der Waals surface area (Å²) < 4.78 is 6.97. The number of carbonyl (C=O) groups excluding carboxylic acids is 3. The van der Waals surface area contributed by atoms with Crippen LogP contribution in [-0.2, 0) is 19.1 Å². The van der Waals surface area contributed by atoms with E-state index >= 15 is 0 Å². The molecule has 0 radical (unpaired) electrons. The summed E-state index contributed by atoms with van der Waals surface area (Å²) in [6.07, 6.45) is 6.87. The molecule has 1 N–H and O–H groups in total. The molecule has 10 nitrogen and oxygen atoms in total. The highest BCUT2D eigenvalue weighted by Gasteiger charge is 2.39. The Morgan fingerprint density at radius 1 is 1.27 bits per heavy atom. The first-order valence-electron chi connectivity index (χ1n) is 12.4. The normalized spacial score (nSPS) is 21.8. The molecule has 0 bridgehead atoms. The second-order valence-corrected chi connectivity index (χ2v) is 10.8. The number of nitrogens with zero attached hydrogens (tertiary/aromatic N) is 4. The lowest BCUT2D eigenvalue weighted by atomic mass is 10.1. The largest absolute Gasteiger partial charge is 0.466 e.